The summed E-state index contributed by atoms with van der Waals surface area (Å²) in [6.45, 7) is 0. The van der Waals surface area contributed by atoms with Gasteiger partial charge in [-0.3, -0.25) is 4.79 Å². The van der Waals surface area contributed by atoms with Crippen LogP contribution in [0, 0.1) is 0 Å². The molecule has 0 atom stereocenters. The standard InChI is InChI=1S/C19H14F3N3O4/c1-28-15-10-25(13-6-3-5-12(9-13)19(20,21)22)24-16(15)18(27)29-14-7-2-4-11(8-14)17(23)26/h2-10H,1H3,(H2,23,26). The Hall–Kier alpha value is -3.82. The Labute approximate surface area is 162 Å². The second kappa shape index (κ2) is 7.66. The summed E-state index contributed by atoms with van der Waals surface area (Å²) >= 11 is 0. The zero-order valence-electron chi connectivity index (χ0n) is 14.9. The average Bonchev–Trinajstić information content (AvgIpc) is 3.12. The van der Waals surface area contributed by atoms with Crippen molar-refractivity contribution in [2.75, 3.05) is 7.11 Å². The van der Waals surface area contributed by atoms with E-state index in [0.29, 0.717) is 0 Å². The smallest absolute Gasteiger partial charge is 0.416 e. The van der Waals surface area contributed by atoms with Gasteiger partial charge in [0.15, 0.2) is 5.75 Å². The number of carbonyl (C=O) groups is 2. The van der Waals surface area contributed by atoms with Gasteiger partial charge in [-0.2, -0.15) is 18.3 Å². The predicted octanol–water partition coefficient (Wildman–Crippen LogP) is 3.22. The summed E-state index contributed by atoms with van der Waals surface area (Å²) in [4.78, 5) is 23.7. The van der Waals surface area contributed by atoms with Crippen molar-refractivity contribution in [1.82, 2.24) is 9.78 Å². The fourth-order valence-electron chi connectivity index (χ4n) is 2.47. The Bertz CT molecular complexity index is 1080. The zero-order valence-corrected chi connectivity index (χ0v) is 14.9. The van der Waals surface area contributed by atoms with Crippen molar-refractivity contribution in [2.24, 2.45) is 5.73 Å². The first-order valence-electron chi connectivity index (χ1n) is 8.12. The number of aromatic nitrogens is 2. The van der Waals surface area contributed by atoms with Crippen molar-refractivity contribution in [3.05, 3.63) is 71.5 Å². The third kappa shape index (κ3) is 4.37. The Morgan fingerprint density at radius 2 is 1.83 bits per heavy atom. The monoisotopic (exact) mass is 405 g/mol. The summed E-state index contributed by atoms with van der Waals surface area (Å²) in [6, 6.07) is 10.1. The molecular formula is C19H14F3N3O4. The van der Waals surface area contributed by atoms with Crippen LogP contribution in [0.5, 0.6) is 11.5 Å². The molecule has 0 saturated carbocycles. The number of nitrogens with two attached hydrogens (primary N) is 1. The lowest BCUT2D eigenvalue weighted by Gasteiger charge is -2.08. The molecule has 1 aromatic heterocycles. The number of nitrogens with zero attached hydrogens (tertiary/aromatic N) is 2. The van der Waals surface area contributed by atoms with Crippen LogP contribution < -0.4 is 15.2 Å². The van der Waals surface area contributed by atoms with Gasteiger partial charge >= 0.3 is 12.1 Å². The molecule has 1 amide bonds. The minimum atomic E-state index is -4.53. The summed E-state index contributed by atoms with van der Waals surface area (Å²) in [5.41, 5.74) is 4.28. The van der Waals surface area contributed by atoms with Crippen molar-refractivity contribution in [3.8, 4) is 17.2 Å². The summed E-state index contributed by atoms with van der Waals surface area (Å²) in [5, 5.41) is 3.99. The molecule has 150 valence electrons. The third-order valence-corrected chi connectivity index (χ3v) is 3.86. The molecule has 3 aromatic rings. The summed E-state index contributed by atoms with van der Waals surface area (Å²) in [5.74, 6) is -1.58. The predicted molar refractivity (Wildman–Crippen MR) is 95.0 cm³/mol. The fraction of sp³-hybridized carbons (Fsp3) is 0.105. The molecule has 0 radical (unpaired) electrons. The van der Waals surface area contributed by atoms with Crippen LogP contribution in [0.25, 0.3) is 5.69 Å². The van der Waals surface area contributed by atoms with Crippen LogP contribution in [0.4, 0.5) is 13.2 Å². The SMILES string of the molecule is COc1cn(-c2cccc(C(F)(F)F)c2)nc1C(=O)Oc1cccc(C(N)=O)c1. The van der Waals surface area contributed by atoms with Crippen molar-refractivity contribution < 1.29 is 32.2 Å². The van der Waals surface area contributed by atoms with Crippen LogP contribution in [-0.2, 0) is 6.18 Å². The number of hydrogen-bond donors (Lipinski definition) is 1. The lowest BCUT2D eigenvalue weighted by atomic mass is 10.2. The molecule has 29 heavy (non-hydrogen) atoms. The van der Waals surface area contributed by atoms with E-state index in [2.05, 4.69) is 5.10 Å². The van der Waals surface area contributed by atoms with Crippen LogP contribution in [0.2, 0.25) is 0 Å². The minimum absolute atomic E-state index is 0.00142. The highest BCUT2D eigenvalue weighted by Gasteiger charge is 2.31. The van der Waals surface area contributed by atoms with Gasteiger partial charge < -0.3 is 15.2 Å². The third-order valence-electron chi connectivity index (χ3n) is 3.86. The Balaban J connectivity index is 1.91. The molecule has 3 rings (SSSR count). The number of methoxy groups -OCH3 is 1. The number of primary amides is 1. The van der Waals surface area contributed by atoms with Gasteiger partial charge in [0.1, 0.15) is 5.75 Å². The largest absolute Gasteiger partial charge is 0.493 e. The van der Waals surface area contributed by atoms with E-state index in [0.717, 1.165) is 16.8 Å². The summed E-state index contributed by atoms with van der Waals surface area (Å²) < 4.78 is 50.1. The quantitative estimate of drug-likeness (QED) is 0.519. The molecule has 2 N–H and O–H groups in total. The van der Waals surface area contributed by atoms with Crippen LogP contribution >= 0.6 is 0 Å². The zero-order chi connectivity index (χ0) is 21.2. The first-order chi connectivity index (χ1) is 13.7. The molecule has 1 heterocycles. The second-order valence-corrected chi connectivity index (χ2v) is 5.82. The Morgan fingerprint density at radius 3 is 2.48 bits per heavy atom. The number of alkyl halides is 3. The molecule has 0 aliphatic heterocycles. The van der Waals surface area contributed by atoms with Gasteiger partial charge in [0.25, 0.3) is 0 Å². The Morgan fingerprint density at radius 1 is 1.10 bits per heavy atom. The lowest BCUT2D eigenvalue weighted by molar-refractivity contribution is -0.137. The topological polar surface area (TPSA) is 96.4 Å². The van der Waals surface area contributed by atoms with Crippen LogP contribution in [0.3, 0.4) is 0 Å². The molecule has 0 spiro atoms. The molecule has 0 aliphatic carbocycles. The van der Waals surface area contributed by atoms with E-state index < -0.39 is 23.6 Å². The van der Waals surface area contributed by atoms with Crippen molar-refractivity contribution >= 4 is 11.9 Å². The average molecular weight is 405 g/mol. The highest BCUT2D eigenvalue weighted by Crippen LogP contribution is 2.31. The first kappa shape index (κ1) is 19.9. The second-order valence-electron chi connectivity index (χ2n) is 5.82. The van der Waals surface area contributed by atoms with Gasteiger partial charge in [0.05, 0.1) is 24.6 Å². The number of hydrogen-bond acceptors (Lipinski definition) is 5. The fourth-order valence-corrected chi connectivity index (χ4v) is 2.47. The van der Waals surface area contributed by atoms with E-state index in [9.17, 15) is 22.8 Å². The molecule has 0 fully saturated rings. The highest BCUT2D eigenvalue weighted by atomic mass is 19.4. The Kier molecular flexibility index (Phi) is 5.26. The van der Waals surface area contributed by atoms with E-state index in [1.165, 1.54) is 49.7 Å². The molecule has 2 aromatic carbocycles. The number of rotatable bonds is 5. The highest BCUT2D eigenvalue weighted by molar-refractivity contribution is 5.94. The lowest BCUT2D eigenvalue weighted by Crippen LogP contribution is -2.13. The maximum Gasteiger partial charge on any atom is 0.416 e. The van der Waals surface area contributed by atoms with Gasteiger partial charge in [0.2, 0.25) is 11.6 Å². The summed E-state index contributed by atoms with van der Waals surface area (Å²) in [7, 11) is 1.28. The van der Waals surface area contributed by atoms with Gasteiger partial charge in [-0.25, -0.2) is 9.48 Å². The van der Waals surface area contributed by atoms with Crippen molar-refractivity contribution in [1.29, 1.82) is 0 Å². The van der Waals surface area contributed by atoms with Gasteiger partial charge in [0, 0.05) is 5.56 Å². The van der Waals surface area contributed by atoms with E-state index in [1.54, 1.807) is 0 Å². The molecule has 10 heteroatoms. The van der Waals surface area contributed by atoms with Gasteiger partial charge in [-0.1, -0.05) is 12.1 Å². The first-order valence-corrected chi connectivity index (χ1v) is 8.12. The number of amides is 1. The van der Waals surface area contributed by atoms with E-state index >= 15 is 0 Å². The van der Waals surface area contributed by atoms with Crippen molar-refractivity contribution in [3.63, 3.8) is 0 Å². The number of esters is 1. The molecule has 7 nitrogen and oxygen atoms in total. The minimum Gasteiger partial charge on any atom is -0.493 e. The van der Waals surface area contributed by atoms with Gasteiger partial charge in [-0.15, -0.1) is 0 Å². The van der Waals surface area contributed by atoms with E-state index in [1.807, 2.05) is 0 Å². The summed E-state index contributed by atoms with van der Waals surface area (Å²) in [6.07, 6.45) is -3.27. The maximum atomic E-state index is 12.9. The maximum absolute atomic E-state index is 12.9. The van der Waals surface area contributed by atoms with Crippen LogP contribution in [-0.4, -0.2) is 28.8 Å². The van der Waals surface area contributed by atoms with Crippen LogP contribution in [0.1, 0.15) is 26.4 Å². The number of ether oxygens (including phenoxy) is 2. The molecule has 0 unspecified atom stereocenters. The van der Waals surface area contributed by atoms with Gasteiger partial charge in [-0.05, 0) is 36.4 Å². The number of carbonyl (C=O) groups excluding carboxylic acids is 2. The molecule has 0 aliphatic rings. The van der Waals surface area contributed by atoms with E-state index in [-0.39, 0.29) is 28.4 Å². The van der Waals surface area contributed by atoms with Crippen molar-refractivity contribution in [2.45, 2.75) is 6.18 Å². The number of benzene rings is 2. The molecular weight excluding hydrogens is 391 g/mol. The molecule has 0 saturated heterocycles. The normalized spacial score (nSPS) is 11.2. The van der Waals surface area contributed by atoms with E-state index in [4.69, 9.17) is 15.2 Å². The molecule has 0 bridgehead atoms. The van der Waals surface area contributed by atoms with Crippen LogP contribution in [0.15, 0.2) is 54.7 Å². The number of halogens is 3.